The zero-order valence-electron chi connectivity index (χ0n) is 11.8. The molecule has 0 saturated heterocycles. The molecule has 1 aliphatic heterocycles. The third-order valence-electron chi connectivity index (χ3n) is 3.51. The van der Waals surface area contributed by atoms with Crippen molar-refractivity contribution in [3.05, 3.63) is 51.2 Å². The number of nitrogens with one attached hydrogen (secondary N) is 1. The predicted molar refractivity (Wildman–Crippen MR) is 82.0 cm³/mol. The topological polar surface area (TPSA) is 58.6 Å². The second-order valence-electron chi connectivity index (χ2n) is 5.18. The fourth-order valence-corrected chi connectivity index (χ4v) is 3.17. The third-order valence-corrected chi connectivity index (χ3v) is 4.56. The molecule has 0 fully saturated rings. The Hall–Kier alpha value is -1.85. The lowest BCUT2D eigenvalue weighted by atomic mass is 10.0. The summed E-state index contributed by atoms with van der Waals surface area (Å²) in [5, 5.41) is 14.9. The Morgan fingerprint density at radius 3 is 3.10 bits per heavy atom. The maximum absolute atomic E-state index is 11.9. The van der Waals surface area contributed by atoms with E-state index in [2.05, 4.69) is 5.32 Å². The number of hydrogen-bond acceptors (Lipinski definition) is 4. The summed E-state index contributed by atoms with van der Waals surface area (Å²) >= 11 is 1.41. The number of benzene rings is 1. The van der Waals surface area contributed by atoms with E-state index >= 15 is 0 Å². The van der Waals surface area contributed by atoms with Gasteiger partial charge in [-0.1, -0.05) is 6.07 Å². The summed E-state index contributed by atoms with van der Waals surface area (Å²) in [5.74, 6) is 0.751. The van der Waals surface area contributed by atoms with E-state index in [1.807, 2.05) is 36.6 Å². The first-order valence-corrected chi connectivity index (χ1v) is 7.78. The first-order chi connectivity index (χ1) is 10.1. The van der Waals surface area contributed by atoms with Crippen molar-refractivity contribution >= 4 is 17.2 Å². The number of fused-ring (bicyclic) bond motifs is 1. The second-order valence-corrected chi connectivity index (χ2v) is 6.09. The largest absolute Gasteiger partial charge is 0.493 e. The second kappa shape index (κ2) is 5.87. The highest BCUT2D eigenvalue weighted by atomic mass is 32.1. The number of ether oxygens (including phenoxy) is 1. The highest BCUT2D eigenvalue weighted by molar-refractivity contribution is 7.12. The van der Waals surface area contributed by atoms with Crippen LogP contribution in [-0.4, -0.2) is 24.2 Å². The van der Waals surface area contributed by atoms with Crippen molar-refractivity contribution in [2.24, 2.45) is 0 Å². The van der Waals surface area contributed by atoms with Gasteiger partial charge in [0, 0.05) is 13.0 Å². The Labute approximate surface area is 127 Å². The van der Waals surface area contributed by atoms with Gasteiger partial charge in [0.15, 0.2) is 0 Å². The molecule has 0 aliphatic carbocycles. The molecular weight excluding hydrogens is 286 g/mol. The average molecular weight is 303 g/mol. The molecule has 0 bridgehead atoms. The van der Waals surface area contributed by atoms with Crippen LogP contribution in [-0.2, 0) is 6.42 Å². The minimum absolute atomic E-state index is 0.142. The van der Waals surface area contributed by atoms with Gasteiger partial charge in [-0.2, -0.15) is 0 Å². The molecule has 110 valence electrons. The van der Waals surface area contributed by atoms with E-state index in [-0.39, 0.29) is 12.5 Å². The van der Waals surface area contributed by atoms with Gasteiger partial charge in [-0.25, -0.2) is 0 Å². The standard InChI is InChI=1S/C16H17NO3S/c1-10-6-15(21-9-10)16(19)17-8-13(18)11-2-3-14-12(7-11)4-5-20-14/h2-3,6-7,9,13,18H,4-5,8H2,1H3,(H,17,19). The Morgan fingerprint density at radius 1 is 1.48 bits per heavy atom. The molecule has 4 nitrogen and oxygen atoms in total. The van der Waals surface area contributed by atoms with E-state index in [4.69, 9.17) is 4.74 Å². The summed E-state index contributed by atoms with van der Waals surface area (Å²) in [6, 6.07) is 7.52. The van der Waals surface area contributed by atoms with Gasteiger partial charge < -0.3 is 15.2 Å². The summed E-state index contributed by atoms with van der Waals surface area (Å²) < 4.78 is 5.44. The zero-order chi connectivity index (χ0) is 14.8. The van der Waals surface area contributed by atoms with Gasteiger partial charge in [-0.15, -0.1) is 11.3 Å². The monoisotopic (exact) mass is 303 g/mol. The van der Waals surface area contributed by atoms with Crippen molar-refractivity contribution in [2.75, 3.05) is 13.2 Å². The molecule has 1 unspecified atom stereocenters. The molecule has 0 radical (unpaired) electrons. The van der Waals surface area contributed by atoms with Crippen molar-refractivity contribution in [3.63, 3.8) is 0 Å². The molecule has 0 spiro atoms. The van der Waals surface area contributed by atoms with E-state index in [0.717, 1.165) is 28.9 Å². The Bertz CT molecular complexity index is 665. The fraction of sp³-hybridized carbons (Fsp3) is 0.312. The molecule has 3 rings (SSSR count). The van der Waals surface area contributed by atoms with Crippen molar-refractivity contribution < 1.29 is 14.6 Å². The number of carbonyl (C=O) groups excluding carboxylic acids is 1. The summed E-state index contributed by atoms with van der Waals surface area (Å²) in [6.45, 7) is 2.85. The van der Waals surface area contributed by atoms with Crippen molar-refractivity contribution in [1.29, 1.82) is 0 Å². The van der Waals surface area contributed by atoms with Crippen LogP contribution in [0.3, 0.4) is 0 Å². The van der Waals surface area contributed by atoms with Crippen molar-refractivity contribution in [3.8, 4) is 5.75 Å². The van der Waals surface area contributed by atoms with Crippen LogP contribution in [0.15, 0.2) is 29.6 Å². The maximum Gasteiger partial charge on any atom is 0.261 e. The molecule has 0 saturated carbocycles. The van der Waals surface area contributed by atoms with Gasteiger partial charge in [0.25, 0.3) is 5.91 Å². The first-order valence-electron chi connectivity index (χ1n) is 6.90. The van der Waals surface area contributed by atoms with Gasteiger partial charge >= 0.3 is 0 Å². The summed E-state index contributed by atoms with van der Waals surface area (Å²) in [6.07, 6.45) is 0.164. The van der Waals surface area contributed by atoms with Crippen LogP contribution in [0, 0.1) is 6.92 Å². The SMILES string of the molecule is Cc1csc(C(=O)NCC(O)c2ccc3c(c2)CCO3)c1. The molecule has 1 aliphatic rings. The van der Waals surface area contributed by atoms with Crippen molar-refractivity contribution in [2.45, 2.75) is 19.4 Å². The van der Waals surface area contributed by atoms with Crippen LogP contribution in [0.2, 0.25) is 0 Å². The van der Waals surface area contributed by atoms with E-state index in [9.17, 15) is 9.90 Å². The zero-order valence-corrected chi connectivity index (χ0v) is 12.6. The quantitative estimate of drug-likeness (QED) is 0.912. The average Bonchev–Trinajstić information content (AvgIpc) is 3.12. The molecule has 1 aromatic carbocycles. The van der Waals surface area contributed by atoms with Crippen LogP contribution in [0.4, 0.5) is 0 Å². The first kappa shape index (κ1) is 14.1. The minimum atomic E-state index is -0.707. The van der Waals surface area contributed by atoms with E-state index in [0.29, 0.717) is 11.5 Å². The number of aliphatic hydroxyl groups is 1. The van der Waals surface area contributed by atoms with E-state index in [1.165, 1.54) is 11.3 Å². The van der Waals surface area contributed by atoms with E-state index in [1.54, 1.807) is 0 Å². The molecule has 5 heteroatoms. The van der Waals surface area contributed by atoms with E-state index < -0.39 is 6.10 Å². The molecule has 2 N–H and O–H groups in total. The van der Waals surface area contributed by atoms with Gasteiger partial charge in [-0.05, 0) is 47.2 Å². The molecule has 1 aromatic heterocycles. The van der Waals surface area contributed by atoms with Crippen LogP contribution >= 0.6 is 11.3 Å². The van der Waals surface area contributed by atoms with Crippen LogP contribution in [0.25, 0.3) is 0 Å². The minimum Gasteiger partial charge on any atom is -0.493 e. The molecule has 21 heavy (non-hydrogen) atoms. The highest BCUT2D eigenvalue weighted by Crippen LogP contribution is 2.28. The Morgan fingerprint density at radius 2 is 2.33 bits per heavy atom. The number of aliphatic hydroxyl groups excluding tert-OH is 1. The van der Waals surface area contributed by atoms with Gasteiger partial charge in [0.2, 0.25) is 0 Å². The van der Waals surface area contributed by atoms with Gasteiger partial charge in [-0.3, -0.25) is 4.79 Å². The molecule has 1 amide bonds. The summed E-state index contributed by atoms with van der Waals surface area (Å²) in [7, 11) is 0. The molecule has 1 atom stereocenters. The summed E-state index contributed by atoms with van der Waals surface area (Å²) in [4.78, 5) is 12.6. The maximum atomic E-state index is 11.9. The Kier molecular flexibility index (Phi) is 3.94. The molecular formula is C16H17NO3S. The van der Waals surface area contributed by atoms with Gasteiger partial charge in [0.1, 0.15) is 5.75 Å². The number of aryl methyl sites for hydroxylation is 1. The number of amides is 1. The Balaban J connectivity index is 1.61. The number of thiophene rings is 1. The predicted octanol–water partition coefficient (Wildman–Crippen LogP) is 2.45. The normalized spacial score (nSPS) is 14.4. The lowest BCUT2D eigenvalue weighted by molar-refractivity contribution is 0.0920. The molecule has 2 aromatic rings. The number of carbonyl (C=O) groups is 1. The van der Waals surface area contributed by atoms with Crippen molar-refractivity contribution in [1.82, 2.24) is 5.32 Å². The van der Waals surface area contributed by atoms with Crippen LogP contribution in [0.5, 0.6) is 5.75 Å². The van der Waals surface area contributed by atoms with Crippen LogP contribution in [0.1, 0.15) is 32.5 Å². The third kappa shape index (κ3) is 3.09. The number of rotatable bonds is 4. The number of hydrogen-bond donors (Lipinski definition) is 2. The summed E-state index contributed by atoms with van der Waals surface area (Å²) in [5.41, 5.74) is 3.00. The smallest absolute Gasteiger partial charge is 0.261 e. The fourth-order valence-electron chi connectivity index (χ4n) is 2.36. The van der Waals surface area contributed by atoms with Gasteiger partial charge in [0.05, 0.1) is 17.6 Å². The lowest BCUT2D eigenvalue weighted by Gasteiger charge is -2.13. The lowest BCUT2D eigenvalue weighted by Crippen LogP contribution is -2.27. The highest BCUT2D eigenvalue weighted by Gasteiger charge is 2.16. The van der Waals surface area contributed by atoms with Crippen LogP contribution < -0.4 is 10.1 Å². The molecule has 2 heterocycles.